The van der Waals surface area contributed by atoms with Gasteiger partial charge in [-0.1, -0.05) is 6.07 Å². The Bertz CT molecular complexity index is 449. The maximum atomic E-state index is 10.9. The molecule has 0 saturated heterocycles. The van der Waals surface area contributed by atoms with Crippen LogP contribution < -0.4 is 9.47 Å². The fourth-order valence-electron chi connectivity index (χ4n) is 2.00. The van der Waals surface area contributed by atoms with E-state index >= 15 is 0 Å². The van der Waals surface area contributed by atoms with Crippen LogP contribution in [0.2, 0.25) is 0 Å². The van der Waals surface area contributed by atoms with Crippen LogP contribution in [0.3, 0.4) is 0 Å². The number of hydrogen-bond donors (Lipinski definition) is 1. The molecule has 0 amide bonds. The van der Waals surface area contributed by atoms with E-state index in [1.165, 1.54) is 0 Å². The highest BCUT2D eigenvalue weighted by Gasteiger charge is 2.45. The van der Waals surface area contributed by atoms with Crippen molar-refractivity contribution in [3.63, 3.8) is 0 Å². The number of carbonyl (C=O) groups is 1. The van der Waals surface area contributed by atoms with Crippen LogP contribution >= 0.6 is 0 Å². The van der Waals surface area contributed by atoms with Crippen LogP contribution in [0.1, 0.15) is 28.8 Å². The molecule has 16 heavy (non-hydrogen) atoms. The molecule has 1 aliphatic carbocycles. The smallest absolute Gasteiger partial charge is 0.172 e. The first-order valence-corrected chi connectivity index (χ1v) is 5.35. The number of hydrogen-bond acceptors (Lipinski definition) is 4. The Morgan fingerprint density at radius 3 is 2.50 bits per heavy atom. The Morgan fingerprint density at radius 1 is 1.19 bits per heavy atom. The first kappa shape index (κ1) is 9.66. The number of fused-ring (bicyclic) bond motifs is 1. The van der Waals surface area contributed by atoms with Crippen LogP contribution in [0.25, 0.3) is 0 Å². The fourth-order valence-corrected chi connectivity index (χ4v) is 2.00. The summed E-state index contributed by atoms with van der Waals surface area (Å²) in [5.74, 6) is 1.01. The molecule has 1 N–H and O–H groups in total. The minimum Gasteiger partial charge on any atom is -0.486 e. The van der Waals surface area contributed by atoms with Crippen molar-refractivity contribution in [2.24, 2.45) is 0 Å². The van der Waals surface area contributed by atoms with Gasteiger partial charge in [0.25, 0.3) is 0 Å². The number of carbonyl (C=O) groups excluding carboxylic acids is 1. The molecule has 0 aromatic heterocycles. The Morgan fingerprint density at radius 2 is 1.88 bits per heavy atom. The maximum absolute atomic E-state index is 10.9. The molecule has 0 bridgehead atoms. The molecule has 1 fully saturated rings. The molecule has 1 aromatic carbocycles. The summed E-state index contributed by atoms with van der Waals surface area (Å²) in [7, 11) is 0. The van der Waals surface area contributed by atoms with E-state index < -0.39 is 5.60 Å². The highest BCUT2D eigenvalue weighted by atomic mass is 16.6. The van der Waals surface area contributed by atoms with Gasteiger partial charge in [-0.25, -0.2) is 0 Å². The normalized spacial score (nSPS) is 20.3. The van der Waals surface area contributed by atoms with E-state index in [1.54, 1.807) is 12.1 Å². The topological polar surface area (TPSA) is 55.8 Å². The third-order valence-electron chi connectivity index (χ3n) is 3.07. The molecule has 2 aliphatic rings. The van der Waals surface area contributed by atoms with Crippen molar-refractivity contribution in [1.82, 2.24) is 0 Å². The first-order valence-electron chi connectivity index (χ1n) is 5.35. The SMILES string of the molecule is O=Cc1ccc(C2(O)CC2)c2c1OCCO2. The van der Waals surface area contributed by atoms with Crippen molar-refractivity contribution in [3.8, 4) is 11.5 Å². The molecule has 0 unspecified atom stereocenters. The van der Waals surface area contributed by atoms with Crippen LogP contribution in [-0.4, -0.2) is 24.6 Å². The molecule has 4 heteroatoms. The average molecular weight is 220 g/mol. The Hall–Kier alpha value is -1.55. The highest BCUT2D eigenvalue weighted by molar-refractivity contribution is 5.82. The number of benzene rings is 1. The lowest BCUT2D eigenvalue weighted by molar-refractivity contribution is 0.110. The van der Waals surface area contributed by atoms with Crippen molar-refractivity contribution >= 4 is 6.29 Å². The number of rotatable bonds is 2. The van der Waals surface area contributed by atoms with Gasteiger partial charge in [0.15, 0.2) is 17.8 Å². The van der Waals surface area contributed by atoms with Gasteiger partial charge in [0.1, 0.15) is 13.2 Å². The van der Waals surface area contributed by atoms with Crippen LogP contribution in [-0.2, 0) is 5.60 Å². The van der Waals surface area contributed by atoms with E-state index in [4.69, 9.17) is 9.47 Å². The Kier molecular flexibility index (Phi) is 1.94. The van der Waals surface area contributed by atoms with Crippen LogP contribution in [0.5, 0.6) is 11.5 Å². The van der Waals surface area contributed by atoms with E-state index in [9.17, 15) is 9.90 Å². The second-order valence-electron chi connectivity index (χ2n) is 4.21. The quantitative estimate of drug-likeness (QED) is 0.762. The summed E-state index contributed by atoms with van der Waals surface area (Å²) < 4.78 is 11.0. The Balaban J connectivity index is 2.17. The van der Waals surface area contributed by atoms with E-state index in [0.29, 0.717) is 30.3 Å². The lowest BCUT2D eigenvalue weighted by Crippen LogP contribution is -2.20. The van der Waals surface area contributed by atoms with Gasteiger partial charge in [0.2, 0.25) is 0 Å². The lowest BCUT2D eigenvalue weighted by atomic mass is 10.0. The van der Waals surface area contributed by atoms with Crippen molar-refractivity contribution in [2.75, 3.05) is 13.2 Å². The molecule has 84 valence electrons. The van der Waals surface area contributed by atoms with E-state index in [1.807, 2.05) is 0 Å². The summed E-state index contributed by atoms with van der Waals surface area (Å²) in [5.41, 5.74) is 0.446. The van der Waals surface area contributed by atoms with Gasteiger partial charge in [-0.2, -0.15) is 0 Å². The van der Waals surface area contributed by atoms with Gasteiger partial charge >= 0.3 is 0 Å². The molecule has 1 saturated carbocycles. The van der Waals surface area contributed by atoms with E-state index in [0.717, 1.165) is 24.7 Å². The molecule has 0 spiro atoms. The van der Waals surface area contributed by atoms with Gasteiger partial charge < -0.3 is 14.6 Å². The van der Waals surface area contributed by atoms with Crippen LogP contribution in [0, 0.1) is 0 Å². The summed E-state index contributed by atoms with van der Waals surface area (Å²) in [5, 5.41) is 10.1. The van der Waals surface area contributed by atoms with Gasteiger partial charge in [-0.15, -0.1) is 0 Å². The Labute approximate surface area is 92.8 Å². The zero-order valence-corrected chi connectivity index (χ0v) is 8.73. The van der Waals surface area contributed by atoms with Gasteiger partial charge in [-0.05, 0) is 18.9 Å². The van der Waals surface area contributed by atoms with Crippen molar-refractivity contribution in [2.45, 2.75) is 18.4 Å². The minimum atomic E-state index is -0.772. The largest absolute Gasteiger partial charge is 0.486 e. The standard InChI is InChI=1S/C12H12O4/c13-7-8-1-2-9(12(14)3-4-12)11-10(8)15-5-6-16-11/h1-2,7,14H,3-6H2. The fraction of sp³-hybridized carbons (Fsp3) is 0.417. The predicted octanol–water partition coefficient (Wildman–Crippen LogP) is 1.25. The van der Waals surface area contributed by atoms with Crippen molar-refractivity contribution in [1.29, 1.82) is 0 Å². The molecule has 3 rings (SSSR count). The maximum Gasteiger partial charge on any atom is 0.172 e. The monoisotopic (exact) mass is 220 g/mol. The second kappa shape index (κ2) is 3.22. The predicted molar refractivity (Wildman–Crippen MR) is 56.0 cm³/mol. The molecule has 4 nitrogen and oxygen atoms in total. The summed E-state index contributed by atoms with van der Waals surface area (Å²) in [6.07, 6.45) is 2.22. The lowest BCUT2D eigenvalue weighted by Gasteiger charge is -2.24. The van der Waals surface area contributed by atoms with Crippen molar-refractivity contribution < 1.29 is 19.4 Å². The van der Waals surface area contributed by atoms with Crippen LogP contribution in [0.15, 0.2) is 12.1 Å². The number of aliphatic hydroxyl groups is 1. The van der Waals surface area contributed by atoms with Crippen LogP contribution in [0.4, 0.5) is 0 Å². The molecule has 1 aromatic rings. The number of aldehydes is 1. The zero-order chi connectivity index (χ0) is 11.2. The molecule has 0 atom stereocenters. The molecule has 0 radical (unpaired) electrons. The van der Waals surface area contributed by atoms with Gasteiger partial charge in [-0.3, -0.25) is 4.79 Å². The summed E-state index contributed by atoms with van der Waals surface area (Å²) in [4.78, 5) is 10.9. The zero-order valence-electron chi connectivity index (χ0n) is 8.73. The third kappa shape index (κ3) is 1.30. The third-order valence-corrected chi connectivity index (χ3v) is 3.07. The number of ether oxygens (including phenoxy) is 2. The average Bonchev–Trinajstić information content (AvgIpc) is 3.07. The summed E-state index contributed by atoms with van der Waals surface area (Å²) >= 11 is 0. The molecular formula is C12H12O4. The van der Waals surface area contributed by atoms with Gasteiger partial charge in [0.05, 0.1) is 11.2 Å². The minimum absolute atomic E-state index is 0.440. The molecule has 1 aliphatic heterocycles. The molecule has 1 heterocycles. The summed E-state index contributed by atoms with van der Waals surface area (Å²) in [6.45, 7) is 0.897. The first-order chi connectivity index (χ1) is 7.74. The summed E-state index contributed by atoms with van der Waals surface area (Å²) in [6, 6.07) is 3.43. The second-order valence-corrected chi connectivity index (χ2v) is 4.21. The van der Waals surface area contributed by atoms with E-state index in [-0.39, 0.29) is 0 Å². The van der Waals surface area contributed by atoms with Crippen molar-refractivity contribution in [3.05, 3.63) is 23.3 Å². The van der Waals surface area contributed by atoms with E-state index in [2.05, 4.69) is 0 Å². The highest BCUT2D eigenvalue weighted by Crippen LogP contribution is 2.52. The van der Waals surface area contributed by atoms with Gasteiger partial charge in [0, 0.05) is 5.56 Å². The molecular weight excluding hydrogens is 208 g/mol.